The number of hydrogen-bond acceptors (Lipinski definition) is 4. The van der Waals surface area contributed by atoms with Gasteiger partial charge in [-0.1, -0.05) is 0 Å². The van der Waals surface area contributed by atoms with Gasteiger partial charge in [-0.05, 0) is 43.3 Å². The number of rotatable bonds is 4. The van der Waals surface area contributed by atoms with E-state index in [1.54, 1.807) is 6.92 Å². The molecule has 0 spiro atoms. The Hall–Kier alpha value is -2.76. The third kappa shape index (κ3) is 3.22. The van der Waals surface area contributed by atoms with Gasteiger partial charge in [0.2, 0.25) is 0 Å². The van der Waals surface area contributed by atoms with Gasteiger partial charge in [0, 0.05) is 11.3 Å². The summed E-state index contributed by atoms with van der Waals surface area (Å²) in [6.07, 6.45) is 0. The Labute approximate surface area is 120 Å². The minimum atomic E-state index is -1.36. The fraction of sp³-hybridized carbons (Fsp3) is 0.133. The molecule has 1 unspecified atom stereocenters. The van der Waals surface area contributed by atoms with E-state index >= 15 is 0 Å². The van der Waals surface area contributed by atoms with Crippen LogP contribution in [0.3, 0.4) is 0 Å². The van der Waals surface area contributed by atoms with Crippen molar-refractivity contribution in [2.45, 2.75) is 13.0 Å². The number of carbonyl (C=O) groups is 1. The Morgan fingerprint density at radius 2 is 1.90 bits per heavy atom. The Bertz CT molecular complexity index is 687. The molecule has 0 aliphatic heterocycles. The van der Waals surface area contributed by atoms with Crippen molar-refractivity contribution in [1.29, 1.82) is 0 Å². The van der Waals surface area contributed by atoms with Crippen LogP contribution in [0, 0.1) is 5.82 Å². The van der Waals surface area contributed by atoms with Crippen LogP contribution in [0.2, 0.25) is 0 Å². The largest absolute Gasteiger partial charge is 0.508 e. The maximum absolute atomic E-state index is 13.3. The van der Waals surface area contributed by atoms with Crippen LogP contribution in [-0.4, -0.2) is 21.3 Å². The van der Waals surface area contributed by atoms with E-state index < -0.39 is 23.4 Å². The number of halogens is 1. The molecule has 1 atom stereocenters. The van der Waals surface area contributed by atoms with E-state index in [4.69, 9.17) is 5.11 Å². The smallest absolute Gasteiger partial charge is 0.338 e. The number of hydrogen-bond donors (Lipinski definition) is 4. The van der Waals surface area contributed by atoms with Crippen molar-refractivity contribution in [2.75, 3.05) is 5.32 Å². The lowest BCUT2D eigenvalue weighted by Crippen LogP contribution is -2.08. The van der Waals surface area contributed by atoms with Crippen LogP contribution in [0.1, 0.15) is 28.9 Å². The molecule has 0 saturated carbocycles. The number of anilines is 1. The van der Waals surface area contributed by atoms with E-state index in [2.05, 4.69) is 5.32 Å². The predicted octanol–water partition coefficient (Wildman–Crippen LogP) is 3.11. The molecule has 0 fully saturated rings. The average Bonchev–Trinajstić information content (AvgIpc) is 2.43. The molecule has 0 amide bonds. The standard InChI is InChI=1S/C15H14FNO4/c1-8(11-7-10(18)3-5-14(11)19)17-9-2-4-13(16)12(6-9)15(20)21/h2-8,17-19H,1H3,(H,20,21). The third-order valence-corrected chi connectivity index (χ3v) is 3.06. The molecule has 2 aromatic rings. The zero-order valence-electron chi connectivity index (χ0n) is 11.2. The topological polar surface area (TPSA) is 89.8 Å². The molecule has 6 heteroatoms. The van der Waals surface area contributed by atoms with Crippen molar-refractivity contribution in [3.8, 4) is 11.5 Å². The first kappa shape index (κ1) is 14.6. The van der Waals surface area contributed by atoms with Gasteiger partial charge in [-0.15, -0.1) is 0 Å². The maximum Gasteiger partial charge on any atom is 0.338 e. The minimum absolute atomic E-state index is 0.00165. The van der Waals surface area contributed by atoms with E-state index in [0.717, 1.165) is 6.07 Å². The second-order valence-electron chi connectivity index (χ2n) is 4.61. The van der Waals surface area contributed by atoms with Crippen LogP contribution in [0.5, 0.6) is 11.5 Å². The number of carboxylic acids is 1. The van der Waals surface area contributed by atoms with Crippen LogP contribution in [0.4, 0.5) is 10.1 Å². The summed E-state index contributed by atoms with van der Waals surface area (Å²) in [6, 6.07) is 7.33. The molecule has 0 saturated heterocycles. The van der Waals surface area contributed by atoms with Crippen molar-refractivity contribution >= 4 is 11.7 Å². The van der Waals surface area contributed by atoms with Crippen molar-refractivity contribution < 1.29 is 24.5 Å². The molecule has 0 radical (unpaired) electrons. The highest BCUT2D eigenvalue weighted by Crippen LogP contribution is 2.30. The number of benzene rings is 2. The minimum Gasteiger partial charge on any atom is -0.508 e. The Morgan fingerprint density at radius 3 is 2.57 bits per heavy atom. The van der Waals surface area contributed by atoms with Crippen molar-refractivity contribution in [2.24, 2.45) is 0 Å². The number of nitrogens with one attached hydrogen (secondary N) is 1. The summed E-state index contributed by atoms with van der Waals surface area (Å²) in [5.41, 5.74) is 0.396. The highest BCUT2D eigenvalue weighted by molar-refractivity contribution is 5.89. The summed E-state index contributed by atoms with van der Waals surface area (Å²) in [5.74, 6) is -2.18. The average molecular weight is 291 g/mol. The summed E-state index contributed by atoms with van der Waals surface area (Å²) >= 11 is 0. The Balaban J connectivity index is 2.27. The van der Waals surface area contributed by atoms with Gasteiger partial charge in [0.15, 0.2) is 0 Å². The van der Waals surface area contributed by atoms with Crippen LogP contribution in [0.25, 0.3) is 0 Å². The molecule has 0 bridgehead atoms. The van der Waals surface area contributed by atoms with Crippen molar-refractivity contribution in [3.05, 3.63) is 53.3 Å². The molecule has 0 aromatic heterocycles. The molecule has 4 N–H and O–H groups in total. The second-order valence-corrected chi connectivity index (χ2v) is 4.61. The van der Waals surface area contributed by atoms with Crippen LogP contribution in [0.15, 0.2) is 36.4 Å². The van der Waals surface area contributed by atoms with Gasteiger partial charge in [-0.25, -0.2) is 9.18 Å². The lowest BCUT2D eigenvalue weighted by atomic mass is 10.1. The first-order valence-electron chi connectivity index (χ1n) is 6.19. The normalized spacial score (nSPS) is 11.9. The molecule has 5 nitrogen and oxygen atoms in total. The molecule has 0 heterocycles. The van der Waals surface area contributed by atoms with Gasteiger partial charge in [-0.2, -0.15) is 0 Å². The van der Waals surface area contributed by atoms with E-state index in [9.17, 15) is 19.4 Å². The lowest BCUT2D eigenvalue weighted by Gasteiger charge is -2.17. The zero-order valence-corrected chi connectivity index (χ0v) is 11.2. The number of aromatic carboxylic acids is 1. The maximum atomic E-state index is 13.3. The third-order valence-electron chi connectivity index (χ3n) is 3.06. The SMILES string of the molecule is CC(Nc1ccc(F)c(C(=O)O)c1)c1cc(O)ccc1O. The van der Waals surface area contributed by atoms with E-state index in [1.165, 1.54) is 30.3 Å². The molecular weight excluding hydrogens is 277 g/mol. The Morgan fingerprint density at radius 1 is 1.19 bits per heavy atom. The monoisotopic (exact) mass is 291 g/mol. The van der Waals surface area contributed by atoms with Gasteiger partial charge >= 0.3 is 5.97 Å². The van der Waals surface area contributed by atoms with E-state index in [1.807, 2.05) is 0 Å². The van der Waals surface area contributed by atoms with Crippen LogP contribution >= 0.6 is 0 Å². The number of aromatic hydroxyl groups is 2. The summed E-state index contributed by atoms with van der Waals surface area (Å²) in [4.78, 5) is 10.9. The summed E-state index contributed by atoms with van der Waals surface area (Å²) in [7, 11) is 0. The predicted molar refractivity (Wildman–Crippen MR) is 75.2 cm³/mol. The molecule has 0 aliphatic carbocycles. The number of phenols is 2. The van der Waals surface area contributed by atoms with E-state index in [0.29, 0.717) is 11.3 Å². The molecule has 0 aliphatic rings. The number of carboxylic acid groups (broad SMARTS) is 1. The van der Waals surface area contributed by atoms with Gasteiger partial charge in [0.1, 0.15) is 17.3 Å². The fourth-order valence-corrected chi connectivity index (χ4v) is 2.00. The highest BCUT2D eigenvalue weighted by atomic mass is 19.1. The second kappa shape index (κ2) is 5.70. The molecule has 2 aromatic carbocycles. The molecule has 21 heavy (non-hydrogen) atoms. The summed E-state index contributed by atoms with van der Waals surface area (Å²) in [5, 5.41) is 31.0. The fourth-order valence-electron chi connectivity index (χ4n) is 2.00. The van der Waals surface area contributed by atoms with Gasteiger partial charge in [-0.3, -0.25) is 0 Å². The first-order chi connectivity index (χ1) is 9.88. The van der Waals surface area contributed by atoms with Crippen LogP contribution in [-0.2, 0) is 0 Å². The quantitative estimate of drug-likeness (QED) is 0.650. The molecular formula is C15H14FNO4. The number of phenolic OH excluding ortho intramolecular Hbond substituents is 2. The van der Waals surface area contributed by atoms with Gasteiger partial charge in [0.25, 0.3) is 0 Å². The summed E-state index contributed by atoms with van der Waals surface area (Å²) < 4.78 is 13.3. The Kier molecular flexibility index (Phi) is 3.98. The zero-order chi connectivity index (χ0) is 15.6. The lowest BCUT2D eigenvalue weighted by molar-refractivity contribution is 0.0692. The van der Waals surface area contributed by atoms with Crippen molar-refractivity contribution in [3.63, 3.8) is 0 Å². The van der Waals surface area contributed by atoms with Gasteiger partial charge < -0.3 is 20.6 Å². The summed E-state index contributed by atoms with van der Waals surface area (Å²) in [6.45, 7) is 1.72. The van der Waals surface area contributed by atoms with Crippen molar-refractivity contribution in [1.82, 2.24) is 0 Å². The van der Waals surface area contributed by atoms with E-state index in [-0.39, 0.29) is 11.5 Å². The van der Waals surface area contributed by atoms with Crippen LogP contribution < -0.4 is 5.32 Å². The molecule has 110 valence electrons. The first-order valence-corrected chi connectivity index (χ1v) is 6.19. The highest BCUT2D eigenvalue weighted by Gasteiger charge is 2.14. The molecule has 2 rings (SSSR count). The van der Waals surface area contributed by atoms with Gasteiger partial charge in [0.05, 0.1) is 11.6 Å².